The Balaban J connectivity index is -0.00000146. The highest BCUT2D eigenvalue weighted by Crippen LogP contribution is 2.35. The number of methoxy groups -OCH3 is 3. The number of carbonyl (C=O) groups excluding carboxylic acids is 8. The van der Waals surface area contributed by atoms with Crippen molar-refractivity contribution in [3.63, 3.8) is 0 Å². The number of alkyl halides is 5. The standard InChI is InChI=1S/C20H28F2N4O3.C19H31N5O4.C17H28N6O4.C16H27F5N4O4.3CH4/c1-12-8-9-14(21)18(17(12)22)29-11-16(27)15(7-4-10-25-20(23)24)26-19(28)13-5-2-3-6-13;1-12-9-14(10-13(2)23-12)28-11-16(25)15(7-6-8-22-18(20)21)24-17(26)19(3,4)27-5;1-11-21-8-12(9-22-11)27-10-14(24)13(6-5-7-20-16(18)19)23-15(25)17(2,3)26-4;1-14(2,28-4)12(27)25-9(6-5-7-24-13(22)23)10(26)8-29-11(15(3,17)18)16(19,20)21;;;/h8-9,13,15H,2-7,10-11H2,1H3,(H,26,28)(H4,23,24,25);9-10,15H,6-8,11H2,1-5H3,(H,24,26)(H4,20,21,22);8-9,13H,5-7,10H2,1-4H3,(H,23,25)(H4,18,19,20);9,11H,5-8H2,1-4H3,(H,25,27)(H4,22,23,24);3*1H4/t2*15-;13-;9-,11?;;;/m0000.../s1. The number of aromatic nitrogens is 3. The average molecular weight is 1670 g/mol. The minimum Gasteiger partial charge on any atom is -0.486 e. The number of nitrogens with zero attached hydrogens (tertiary/aromatic N) is 7. The number of nitrogens with two attached hydrogens (primary N) is 8. The number of aliphatic imine (C=N–C) groups is 4. The fourth-order valence-corrected chi connectivity index (χ4v) is 9.67. The summed E-state index contributed by atoms with van der Waals surface area (Å²) < 4.78 is 128. The Hall–Kier alpha value is -10.2. The maximum absolute atomic E-state index is 14.1. The van der Waals surface area contributed by atoms with Gasteiger partial charge < -0.3 is 100 Å². The molecule has 0 spiro atoms. The van der Waals surface area contributed by atoms with Crippen molar-refractivity contribution in [1.29, 1.82) is 0 Å². The summed E-state index contributed by atoms with van der Waals surface area (Å²) in [4.78, 5) is 127. The molecule has 0 saturated heterocycles. The van der Waals surface area contributed by atoms with Crippen LogP contribution in [0.2, 0.25) is 0 Å². The zero-order valence-electron chi connectivity index (χ0n) is 66.6. The highest BCUT2D eigenvalue weighted by molar-refractivity contribution is 5.95. The third-order valence-corrected chi connectivity index (χ3v) is 16.8. The molecule has 41 heteroatoms. The van der Waals surface area contributed by atoms with Crippen LogP contribution < -0.4 is 81.3 Å². The fraction of sp³-hybridized carbons (Fsp3) is 0.640. The van der Waals surface area contributed by atoms with Crippen molar-refractivity contribution in [3.8, 4) is 17.2 Å². The van der Waals surface area contributed by atoms with Crippen LogP contribution in [0.3, 0.4) is 0 Å². The highest BCUT2D eigenvalue weighted by atomic mass is 19.4. The summed E-state index contributed by atoms with van der Waals surface area (Å²) >= 11 is 0. The van der Waals surface area contributed by atoms with Gasteiger partial charge in [0.1, 0.15) is 54.8 Å². The van der Waals surface area contributed by atoms with Crippen LogP contribution in [0.25, 0.3) is 0 Å². The van der Waals surface area contributed by atoms with E-state index in [0.717, 1.165) is 43.1 Å². The predicted molar refractivity (Wildman–Crippen MR) is 427 cm³/mol. The van der Waals surface area contributed by atoms with Gasteiger partial charge in [0.05, 0.1) is 36.6 Å². The molecule has 0 aliphatic heterocycles. The number of hydrogen-bond acceptors (Lipinski definition) is 22. The Bertz CT molecular complexity index is 3620. The van der Waals surface area contributed by atoms with Crippen LogP contribution in [-0.2, 0) is 57.3 Å². The molecule has 2 aromatic heterocycles. The van der Waals surface area contributed by atoms with Gasteiger partial charge in [-0.15, -0.1) is 0 Å². The summed E-state index contributed by atoms with van der Waals surface area (Å²) in [6.07, 6.45) is 0.266. The molecular weight excluding hydrogens is 1540 g/mol. The Morgan fingerprint density at radius 1 is 0.491 bits per heavy atom. The minimum atomic E-state index is -5.39. The molecule has 1 fully saturated rings. The lowest BCUT2D eigenvalue weighted by Gasteiger charge is -2.28. The van der Waals surface area contributed by atoms with Crippen molar-refractivity contribution in [2.45, 2.75) is 235 Å². The van der Waals surface area contributed by atoms with Crippen LogP contribution in [-0.4, -0.2) is 219 Å². The van der Waals surface area contributed by atoms with Crippen LogP contribution in [0.1, 0.15) is 171 Å². The molecule has 1 aliphatic carbocycles. The van der Waals surface area contributed by atoms with Gasteiger partial charge in [-0.1, -0.05) is 41.2 Å². The molecule has 1 unspecified atom stereocenters. The van der Waals surface area contributed by atoms with Crippen LogP contribution >= 0.6 is 0 Å². The molecule has 3 aromatic rings. The Labute approximate surface area is 675 Å². The van der Waals surface area contributed by atoms with Crippen molar-refractivity contribution < 1.29 is 102 Å². The number of rotatable bonds is 44. The van der Waals surface area contributed by atoms with Crippen molar-refractivity contribution >= 4 is 70.6 Å². The number of aryl methyl sites for hydroxylation is 4. The average Bonchev–Trinajstić information content (AvgIpc) is 0.885. The molecule has 116 heavy (non-hydrogen) atoms. The molecule has 4 rings (SSSR count). The zero-order chi connectivity index (χ0) is 86.2. The second-order valence-corrected chi connectivity index (χ2v) is 27.5. The van der Waals surface area contributed by atoms with E-state index in [1.807, 2.05) is 13.8 Å². The largest absolute Gasteiger partial charge is 0.486 e. The highest BCUT2D eigenvalue weighted by Gasteiger charge is 2.54. The predicted octanol–water partition coefficient (Wildman–Crippen LogP) is 5.29. The Morgan fingerprint density at radius 2 is 0.819 bits per heavy atom. The van der Waals surface area contributed by atoms with Crippen molar-refractivity contribution in [1.82, 2.24) is 36.2 Å². The quantitative estimate of drug-likeness (QED) is 0.0148. The van der Waals surface area contributed by atoms with Crippen molar-refractivity contribution in [2.24, 2.45) is 71.8 Å². The lowest BCUT2D eigenvalue weighted by atomic mass is 10.0. The van der Waals surface area contributed by atoms with Crippen LogP contribution in [0.4, 0.5) is 30.7 Å². The fourth-order valence-electron chi connectivity index (χ4n) is 9.67. The normalized spacial score (nSPS) is 13.2. The van der Waals surface area contributed by atoms with E-state index >= 15 is 0 Å². The summed E-state index contributed by atoms with van der Waals surface area (Å²) in [7, 11) is 4.11. The van der Waals surface area contributed by atoms with E-state index in [-0.39, 0.29) is 127 Å². The maximum atomic E-state index is 14.1. The molecule has 1 saturated carbocycles. The number of ether oxygens (including phenoxy) is 7. The van der Waals surface area contributed by atoms with Crippen LogP contribution in [0.15, 0.2) is 56.6 Å². The number of nitrogens with one attached hydrogen (secondary N) is 4. The Morgan fingerprint density at radius 3 is 1.15 bits per heavy atom. The molecule has 1 aliphatic rings. The smallest absolute Gasteiger partial charge is 0.420 e. The minimum absolute atomic E-state index is 0. The van der Waals surface area contributed by atoms with E-state index in [1.54, 1.807) is 46.8 Å². The molecule has 2 heterocycles. The molecule has 0 radical (unpaired) electrons. The molecule has 0 bridgehead atoms. The van der Waals surface area contributed by atoms with Crippen molar-refractivity contribution in [2.75, 3.05) is 73.9 Å². The Kier molecular flexibility index (Phi) is 51.1. The number of halogens is 7. The number of hydrogen-bond donors (Lipinski definition) is 12. The monoisotopic (exact) mass is 1670 g/mol. The van der Waals surface area contributed by atoms with Gasteiger partial charge in [0.15, 0.2) is 70.1 Å². The summed E-state index contributed by atoms with van der Waals surface area (Å²) in [6.45, 7) is 15.1. The summed E-state index contributed by atoms with van der Waals surface area (Å²) in [5.41, 5.74) is 40.4. The number of Topliss-reactive ketones (excluding diaryl/α,β-unsaturated/α-hetero) is 4. The van der Waals surface area contributed by atoms with Gasteiger partial charge in [-0.2, -0.15) is 13.2 Å². The summed E-state index contributed by atoms with van der Waals surface area (Å²) in [6, 6.07) is 2.22. The lowest BCUT2D eigenvalue weighted by Crippen LogP contribution is -2.52. The van der Waals surface area contributed by atoms with Gasteiger partial charge in [-0.25, -0.2) is 27.5 Å². The van der Waals surface area contributed by atoms with Gasteiger partial charge in [-0.05, 0) is 145 Å². The molecule has 4 amide bonds. The van der Waals surface area contributed by atoms with Crippen LogP contribution in [0.5, 0.6) is 17.2 Å². The second-order valence-electron chi connectivity index (χ2n) is 27.5. The molecule has 660 valence electrons. The van der Waals surface area contributed by atoms with E-state index in [9.17, 15) is 69.1 Å². The SMILES string of the molecule is C.C.C.COC(C)(C)C(=O)N[C@@H](CCCN=C(N)N)C(=O)COC(C(C)(F)F)C(F)(F)F.COC(C)(C)C(=O)N[C@@H](CCCN=C(N)N)C(=O)COc1cc(C)nc(C)c1.COC(C)(C)C(=O)N[C@@H](CCCN=C(N)N)C(=O)COc1cnc(C)nc1.Cc1ccc(F)c(OCC(=O)[C@H](CCCN=C(N)N)NC(=O)C2CCCC2)c1F. The molecule has 1 aromatic carbocycles. The van der Waals surface area contributed by atoms with E-state index in [0.29, 0.717) is 69.1 Å². The topological polar surface area (TPSA) is 546 Å². The first-order valence-corrected chi connectivity index (χ1v) is 35.9. The van der Waals surface area contributed by atoms with E-state index in [4.69, 9.17) is 74.3 Å². The summed E-state index contributed by atoms with van der Waals surface area (Å²) in [5, 5.41) is 10.5. The van der Waals surface area contributed by atoms with E-state index < -0.39 is 113 Å². The van der Waals surface area contributed by atoms with Gasteiger partial charge >= 0.3 is 6.18 Å². The van der Waals surface area contributed by atoms with Crippen molar-refractivity contribution in [3.05, 3.63) is 71.1 Å². The number of guanidine groups is 4. The first-order valence-electron chi connectivity index (χ1n) is 35.9. The summed E-state index contributed by atoms with van der Waals surface area (Å²) in [5.74, 6) is -9.22. The van der Waals surface area contributed by atoms with Crippen LogP contribution in [0, 0.1) is 45.2 Å². The van der Waals surface area contributed by atoms with E-state index in [1.165, 1.54) is 60.6 Å². The van der Waals surface area contributed by atoms with E-state index in [2.05, 4.69) is 60.9 Å². The zero-order valence-corrected chi connectivity index (χ0v) is 66.6. The first kappa shape index (κ1) is 110. The first-order chi connectivity index (χ1) is 52.5. The van der Waals surface area contributed by atoms with Gasteiger partial charge in [-0.3, -0.25) is 63.3 Å². The third-order valence-electron chi connectivity index (χ3n) is 16.8. The van der Waals surface area contributed by atoms with Gasteiger partial charge in [0.25, 0.3) is 23.6 Å². The molecular formula is C75H126F7N19O15. The number of benzene rings is 1. The lowest BCUT2D eigenvalue weighted by molar-refractivity contribution is -0.278. The third kappa shape index (κ3) is 43.5. The number of ketones is 4. The number of pyridine rings is 1. The molecule has 5 atom stereocenters. The number of carbonyl (C=O) groups is 8. The maximum Gasteiger partial charge on any atom is 0.420 e. The second kappa shape index (κ2) is 53.9. The van der Waals surface area contributed by atoms with Gasteiger partial charge in [0.2, 0.25) is 12.0 Å². The van der Waals surface area contributed by atoms with Gasteiger partial charge in [0, 0.05) is 83.9 Å². The molecule has 34 nitrogen and oxygen atoms in total. The number of amides is 4. The molecule has 20 N–H and O–H groups in total.